The lowest BCUT2D eigenvalue weighted by molar-refractivity contribution is -0.783. The van der Waals surface area contributed by atoms with E-state index in [9.17, 15) is 19.7 Å². The van der Waals surface area contributed by atoms with E-state index in [1.54, 1.807) is 0 Å². The second-order valence-electron chi connectivity index (χ2n) is 2.61. The van der Waals surface area contributed by atoms with Crippen LogP contribution >= 0.6 is 0 Å². The zero-order chi connectivity index (χ0) is 11.2. The number of aromatic nitrogens is 2. The van der Waals surface area contributed by atoms with Gasteiger partial charge in [0.1, 0.15) is 0 Å². The number of phenols is 1. The highest BCUT2D eigenvalue weighted by Gasteiger charge is 2.29. The number of rotatable bonds is 1. The van der Waals surface area contributed by atoms with Gasteiger partial charge in [0.05, 0.1) is 16.1 Å². The maximum absolute atomic E-state index is 12.9. The molecular formula is C6H2FN3O5. The molecule has 0 bridgehead atoms. The Morgan fingerprint density at radius 2 is 2.33 bits per heavy atom. The summed E-state index contributed by atoms with van der Waals surface area (Å²) in [7, 11) is 0. The fourth-order valence-corrected chi connectivity index (χ4v) is 1.13. The van der Waals surface area contributed by atoms with Crippen LogP contribution in [-0.2, 0) is 0 Å². The van der Waals surface area contributed by atoms with Crippen LogP contribution in [0.3, 0.4) is 0 Å². The standard InChI is InChI=1S/C6H2FN3O5/c7-2-1-3(9(12)13)5-4(6(2)11)8-15-10(5)14/h1,11H. The Labute approximate surface area is 79.8 Å². The third-order valence-corrected chi connectivity index (χ3v) is 1.77. The van der Waals surface area contributed by atoms with Crippen molar-refractivity contribution in [2.45, 2.75) is 0 Å². The number of halogens is 1. The monoisotopic (exact) mass is 215 g/mol. The Morgan fingerprint density at radius 1 is 1.67 bits per heavy atom. The fourth-order valence-electron chi connectivity index (χ4n) is 1.13. The molecule has 0 atom stereocenters. The SMILES string of the molecule is O=[N+]([O-])c1cc(F)c(O)c2no[n+]([O-])c12. The molecule has 1 N–H and O–H groups in total. The van der Waals surface area contributed by atoms with Gasteiger partial charge < -0.3 is 10.3 Å². The van der Waals surface area contributed by atoms with Gasteiger partial charge in [-0.1, -0.05) is 0 Å². The van der Waals surface area contributed by atoms with E-state index in [0.29, 0.717) is 6.07 Å². The third-order valence-electron chi connectivity index (χ3n) is 1.77. The minimum absolute atomic E-state index is 0.271. The fraction of sp³-hybridized carbons (Fsp3) is 0. The van der Waals surface area contributed by atoms with Crippen molar-refractivity contribution < 1.29 is 24.0 Å². The minimum Gasteiger partial charge on any atom is -0.502 e. The third kappa shape index (κ3) is 1.13. The maximum atomic E-state index is 12.9. The Kier molecular flexibility index (Phi) is 1.68. The van der Waals surface area contributed by atoms with Crippen molar-refractivity contribution >= 4 is 16.7 Å². The Bertz CT molecular complexity index is 565. The predicted molar refractivity (Wildman–Crippen MR) is 41.2 cm³/mol. The van der Waals surface area contributed by atoms with Gasteiger partial charge >= 0.3 is 11.2 Å². The number of nitro benzene ring substituents is 1. The molecule has 1 heterocycles. The molecule has 0 amide bonds. The highest BCUT2D eigenvalue weighted by atomic mass is 19.1. The first-order valence-electron chi connectivity index (χ1n) is 3.57. The van der Waals surface area contributed by atoms with Gasteiger partial charge in [0, 0.05) is 0 Å². The van der Waals surface area contributed by atoms with Crippen molar-refractivity contribution in [3.05, 3.63) is 27.2 Å². The molecule has 0 saturated carbocycles. The first-order chi connectivity index (χ1) is 7.02. The van der Waals surface area contributed by atoms with E-state index in [1.807, 2.05) is 0 Å². The van der Waals surface area contributed by atoms with Gasteiger partial charge in [-0.15, -0.1) is 0 Å². The first-order valence-corrected chi connectivity index (χ1v) is 3.57. The van der Waals surface area contributed by atoms with Crippen LogP contribution in [0.25, 0.3) is 11.0 Å². The van der Waals surface area contributed by atoms with Crippen LogP contribution < -0.4 is 4.90 Å². The van der Waals surface area contributed by atoms with Gasteiger partial charge in [-0.05, 0) is 4.90 Å². The summed E-state index contributed by atoms with van der Waals surface area (Å²) in [5.74, 6) is -2.21. The predicted octanol–water partition coefficient (Wildman–Crippen LogP) is 0.214. The van der Waals surface area contributed by atoms with Crippen LogP contribution in [0.15, 0.2) is 10.7 Å². The molecule has 9 heteroatoms. The smallest absolute Gasteiger partial charge is 0.327 e. The van der Waals surface area contributed by atoms with Crippen molar-refractivity contribution in [3.8, 4) is 5.75 Å². The van der Waals surface area contributed by atoms with Crippen LogP contribution in [0.2, 0.25) is 0 Å². The van der Waals surface area contributed by atoms with E-state index < -0.39 is 33.2 Å². The number of phenolic OH excluding ortho intramolecular Hbond substituents is 1. The molecule has 78 valence electrons. The van der Waals surface area contributed by atoms with E-state index >= 15 is 0 Å². The van der Waals surface area contributed by atoms with Crippen molar-refractivity contribution in [1.82, 2.24) is 5.16 Å². The topological polar surface area (TPSA) is 116 Å². The van der Waals surface area contributed by atoms with E-state index in [2.05, 4.69) is 9.79 Å². The van der Waals surface area contributed by atoms with Crippen molar-refractivity contribution in [1.29, 1.82) is 0 Å². The molecule has 0 aliphatic carbocycles. The molecule has 2 aromatic rings. The molecule has 2 rings (SSSR count). The normalized spacial score (nSPS) is 10.7. The van der Waals surface area contributed by atoms with Crippen LogP contribution in [-0.4, -0.2) is 15.2 Å². The van der Waals surface area contributed by atoms with Gasteiger partial charge in [0.25, 0.3) is 5.52 Å². The van der Waals surface area contributed by atoms with Crippen molar-refractivity contribution in [3.63, 3.8) is 0 Å². The summed E-state index contributed by atoms with van der Waals surface area (Å²) < 4.78 is 17.0. The molecule has 8 nitrogen and oxygen atoms in total. The number of fused-ring (bicyclic) bond motifs is 1. The summed E-state index contributed by atoms with van der Waals surface area (Å²) in [6.07, 6.45) is 0. The van der Waals surface area contributed by atoms with Crippen LogP contribution in [0.5, 0.6) is 5.75 Å². The molecule has 1 aromatic heterocycles. The average Bonchev–Trinajstić information content (AvgIpc) is 2.54. The summed E-state index contributed by atoms with van der Waals surface area (Å²) in [6, 6.07) is 0.420. The summed E-state index contributed by atoms with van der Waals surface area (Å²) in [4.78, 5) is 9.22. The molecule has 0 fully saturated rings. The van der Waals surface area contributed by atoms with Crippen LogP contribution in [0.1, 0.15) is 0 Å². The van der Waals surface area contributed by atoms with E-state index in [4.69, 9.17) is 5.11 Å². The van der Waals surface area contributed by atoms with E-state index in [1.165, 1.54) is 0 Å². The minimum atomic E-state index is -1.25. The number of hydrogen-bond donors (Lipinski definition) is 1. The number of aromatic hydroxyl groups is 1. The summed E-state index contributed by atoms with van der Waals surface area (Å²) in [6.45, 7) is 0. The number of benzene rings is 1. The number of nitro groups is 1. The number of hydrogen-bond acceptors (Lipinski definition) is 6. The van der Waals surface area contributed by atoms with Gasteiger partial charge in [-0.2, -0.15) is 0 Å². The highest BCUT2D eigenvalue weighted by molar-refractivity contribution is 5.85. The molecular weight excluding hydrogens is 213 g/mol. The van der Waals surface area contributed by atoms with Gasteiger partial charge in [-0.3, -0.25) is 14.7 Å². The lowest BCUT2D eigenvalue weighted by atomic mass is 10.2. The van der Waals surface area contributed by atoms with Crippen LogP contribution in [0.4, 0.5) is 10.1 Å². The number of non-ortho nitro benzene ring substituents is 1. The number of nitrogens with zero attached hydrogens (tertiary/aromatic N) is 3. The molecule has 0 unspecified atom stereocenters. The Balaban J connectivity index is 2.97. The lowest BCUT2D eigenvalue weighted by Crippen LogP contribution is -2.23. The van der Waals surface area contributed by atoms with E-state index in [-0.39, 0.29) is 4.90 Å². The van der Waals surface area contributed by atoms with Gasteiger partial charge in [0.2, 0.25) is 5.75 Å². The molecule has 0 saturated heterocycles. The molecule has 0 aliphatic rings. The summed E-state index contributed by atoms with van der Waals surface area (Å²) >= 11 is 0. The second-order valence-corrected chi connectivity index (χ2v) is 2.61. The molecule has 1 aromatic carbocycles. The van der Waals surface area contributed by atoms with Crippen molar-refractivity contribution in [2.24, 2.45) is 0 Å². The highest BCUT2D eigenvalue weighted by Crippen LogP contribution is 2.31. The molecule has 0 radical (unpaired) electrons. The summed E-state index contributed by atoms with van der Waals surface area (Å²) in [5.41, 5.74) is -2.04. The lowest BCUT2D eigenvalue weighted by Gasteiger charge is -1.94. The van der Waals surface area contributed by atoms with E-state index in [0.717, 1.165) is 0 Å². The molecule has 0 spiro atoms. The molecule has 15 heavy (non-hydrogen) atoms. The quantitative estimate of drug-likeness (QED) is 0.413. The zero-order valence-electron chi connectivity index (χ0n) is 6.88. The summed E-state index contributed by atoms with van der Waals surface area (Å²) in [5, 5.41) is 33.5. The first kappa shape index (κ1) is 9.12. The van der Waals surface area contributed by atoms with Crippen LogP contribution in [0, 0.1) is 21.1 Å². The van der Waals surface area contributed by atoms with Gasteiger partial charge in [0.15, 0.2) is 5.82 Å². The van der Waals surface area contributed by atoms with Gasteiger partial charge in [-0.25, -0.2) is 4.39 Å². The maximum Gasteiger partial charge on any atom is 0.327 e. The molecule has 0 aliphatic heterocycles. The second kappa shape index (κ2) is 2.77. The van der Waals surface area contributed by atoms with Crippen molar-refractivity contribution in [2.75, 3.05) is 0 Å². The zero-order valence-corrected chi connectivity index (χ0v) is 6.88. The largest absolute Gasteiger partial charge is 0.502 e. The average molecular weight is 215 g/mol. The Morgan fingerprint density at radius 3 is 2.93 bits per heavy atom. The Hall–Kier alpha value is -2.45.